The van der Waals surface area contributed by atoms with Crippen molar-refractivity contribution in [3.63, 3.8) is 0 Å². The first-order valence-corrected chi connectivity index (χ1v) is 26.0. The molecule has 3 aliphatic heterocycles. The number of non-ortho nitro benzene ring substituents is 2. The number of nitro groups is 2. The van der Waals surface area contributed by atoms with Crippen LogP contribution in [0.2, 0.25) is 0 Å². The topological polar surface area (TPSA) is 233 Å². The number of hydrogen-bond acceptors (Lipinski definition) is 12. The van der Waals surface area contributed by atoms with Crippen LogP contribution in [0.25, 0.3) is 0 Å². The Hall–Kier alpha value is -3.72. The second kappa shape index (κ2) is 26.0. The number of anilines is 1. The number of nitrogens with one attached hydrogen (secondary N) is 1. The van der Waals surface area contributed by atoms with Gasteiger partial charge in [-0.25, -0.2) is 25.3 Å². The van der Waals surface area contributed by atoms with Crippen LogP contribution in [-0.4, -0.2) is 83.0 Å². The Kier molecular flexibility index (Phi) is 22.8. The highest BCUT2D eigenvalue weighted by molar-refractivity contribution is 8.13. The lowest BCUT2D eigenvalue weighted by Gasteiger charge is -2.21. The van der Waals surface area contributed by atoms with Crippen LogP contribution in [0, 0.1) is 41.0 Å². The summed E-state index contributed by atoms with van der Waals surface area (Å²) in [5.41, 5.74) is 7.39. The fraction of sp³-hybridized carbons (Fsp3) is 0.561. The lowest BCUT2D eigenvalue weighted by molar-refractivity contribution is -0.385. The van der Waals surface area contributed by atoms with Crippen molar-refractivity contribution in [3.05, 3.63) is 91.5 Å². The van der Waals surface area contributed by atoms with E-state index in [-0.39, 0.29) is 21.2 Å². The summed E-state index contributed by atoms with van der Waals surface area (Å²) in [4.78, 5) is 20.1. The Balaban J connectivity index is 0.000000289. The molecule has 3 N–H and O–H groups in total. The molecule has 6 rings (SSSR count). The molecule has 0 aliphatic carbocycles. The summed E-state index contributed by atoms with van der Waals surface area (Å²) < 4.78 is 75.4. The average molecular weight is 932 g/mol. The van der Waals surface area contributed by atoms with Crippen LogP contribution in [0.1, 0.15) is 108 Å². The van der Waals surface area contributed by atoms with Crippen LogP contribution in [0.3, 0.4) is 0 Å². The summed E-state index contributed by atoms with van der Waals surface area (Å²) in [7, 11) is -5.86. The van der Waals surface area contributed by atoms with Gasteiger partial charge < -0.3 is 11.1 Å². The van der Waals surface area contributed by atoms with Gasteiger partial charge in [0.15, 0.2) is 0 Å². The van der Waals surface area contributed by atoms with E-state index in [9.17, 15) is 45.5 Å². The maximum Gasteiger partial charge on any atom is 0.270 e. The van der Waals surface area contributed by atoms with E-state index in [4.69, 9.17) is 16.4 Å². The quantitative estimate of drug-likeness (QED) is 0.0981. The molecule has 0 unspecified atom stereocenters. The van der Waals surface area contributed by atoms with E-state index in [1.54, 1.807) is 29.4 Å². The van der Waals surface area contributed by atoms with Gasteiger partial charge in [-0.3, -0.25) is 20.2 Å². The molecule has 3 heterocycles. The average Bonchev–Trinajstić information content (AvgIpc) is 3.80. The zero-order valence-corrected chi connectivity index (χ0v) is 39.2. The first kappa shape index (κ1) is 53.4. The number of nitrogen functional groups attached to an aromatic ring is 1. The third-order valence-corrected chi connectivity index (χ3v) is 15.6. The monoisotopic (exact) mass is 930 g/mol. The number of hydrogen-bond donors (Lipinski definition) is 2. The third-order valence-electron chi connectivity index (χ3n) is 10.1. The summed E-state index contributed by atoms with van der Waals surface area (Å²) in [6, 6.07) is 12.5. The number of sulfonamides is 2. The Morgan fingerprint density at radius 2 is 0.869 bits per heavy atom. The number of benzene rings is 3. The van der Waals surface area contributed by atoms with Gasteiger partial charge >= 0.3 is 0 Å². The van der Waals surface area contributed by atoms with Crippen molar-refractivity contribution in [3.8, 4) is 0 Å². The van der Waals surface area contributed by atoms with E-state index in [1.165, 1.54) is 74.3 Å². The SMILES string of the molecule is C1CCCNCC1.CC.Cc1ccc(N)cc1S(=O)(=O)N1CCCCCC1.Cc1ccc([N+](=O)[O-])cc1S(=O)(=O)Cl.Cc1ccc([N+](=O)[O-])cc1S(=O)(=O)N1CCCCCC1. The zero-order valence-electron chi connectivity index (χ0n) is 36.0. The summed E-state index contributed by atoms with van der Waals surface area (Å²) in [5, 5.41) is 24.5. The summed E-state index contributed by atoms with van der Waals surface area (Å²) in [6.45, 7) is 13.7. The van der Waals surface area contributed by atoms with E-state index in [0.29, 0.717) is 47.9 Å². The molecular formula is C41H63ClN6O10S3. The molecule has 61 heavy (non-hydrogen) atoms. The van der Waals surface area contributed by atoms with Crippen LogP contribution < -0.4 is 11.1 Å². The fourth-order valence-electron chi connectivity index (χ4n) is 6.66. The molecule has 20 heteroatoms. The highest BCUT2D eigenvalue weighted by Gasteiger charge is 2.29. The fourth-order valence-corrected chi connectivity index (χ4v) is 11.4. The van der Waals surface area contributed by atoms with Crippen LogP contribution in [-0.2, 0) is 29.1 Å². The van der Waals surface area contributed by atoms with Gasteiger partial charge in [-0.1, -0.05) is 70.6 Å². The molecule has 3 aromatic rings. The molecule has 3 aliphatic rings. The minimum Gasteiger partial charge on any atom is -0.399 e. The Bertz CT molecular complexity index is 2190. The zero-order chi connectivity index (χ0) is 45.8. The van der Waals surface area contributed by atoms with E-state index < -0.39 is 38.9 Å². The maximum atomic E-state index is 12.6. The van der Waals surface area contributed by atoms with E-state index in [2.05, 4.69) is 5.32 Å². The molecule has 0 saturated carbocycles. The standard InChI is InChI=1S/C13H18N2O4S.C13H20N2O2S.C7H6ClNO4S.C6H13N.C2H6/c1-11-6-7-12(15(16)17)10-13(11)20(18,19)14-8-4-2-3-5-9-14;1-11-6-7-12(14)10-13(11)18(16,17)15-8-4-2-3-5-9-15;1-5-2-3-6(9(10)11)4-7(5)14(8,12)13;1-2-4-6-7-5-3-1;1-2/h6-7,10H,2-5,8-9H2,1H3;6-7,10H,2-5,8-9,14H2,1H3;2-4H,1H3;7H,1-6H2;1-2H3. The predicted octanol–water partition coefficient (Wildman–Crippen LogP) is 8.62. The molecule has 0 aromatic heterocycles. The minimum absolute atomic E-state index is 0.0496. The first-order chi connectivity index (χ1) is 28.8. The van der Waals surface area contributed by atoms with Crippen LogP contribution in [0.4, 0.5) is 17.1 Å². The lowest BCUT2D eigenvalue weighted by Crippen LogP contribution is -2.32. The number of halogens is 1. The Morgan fingerprint density at radius 1 is 0.541 bits per heavy atom. The number of nitrogens with two attached hydrogens (primary N) is 1. The number of nitro benzene ring substituents is 2. The van der Waals surface area contributed by atoms with Crippen molar-refractivity contribution in [2.45, 2.75) is 126 Å². The maximum absolute atomic E-state index is 12.6. The number of rotatable bonds is 7. The molecular weight excluding hydrogens is 868 g/mol. The van der Waals surface area contributed by atoms with Gasteiger partial charge in [-0.05, 0) is 101 Å². The molecule has 0 amide bonds. The molecule has 0 bridgehead atoms. The smallest absolute Gasteiger partial charge is 0.270 e. The summed E-state index contributed by atoms with van der Waals surface area (Å²) in [5.74, 6) is 0. The van der Waals surface area contributed by atoms with Crippen molar-refractivity contribution < 1.29 is 35.1 Å². The van der Waals surface area contributed by atoms with Crippen molar-refractivity contribution in [2.75, 3.05) is 45.0 Å². The third kappa shape index (κ3) is 17.2. The lowest BCUT2D eigenvalue weighted by atomic mass is 10.2. The van der Waals surface area contributed by atoms with Gasteiger partial charge in [-0.15, -0.1) is 0 Å². The summed E-state index contributed by atoms with van der Waals surface area (Å²) in [6.07, 6.45) is 13.5. The Morgan fingerprint density at radius 3 is 1.25 bits per heavy atom. The van der Waals surface area contributed by atoms with E-state index >= 15 is 0 Å². The number of aryl methyl sites for hydroxylation is 3. The van der Waals surface area contributed by atoms with Crippen LogP contribution >= 0.6 is 10.7 Å². The first-order valence-electron chi connectivity index (χ1n) is 20.8. The molecule has 0 atom stereocenters. The van der Waals surface area contributed by atoms with Crippen LogP contribution in [0.15, 0.2) is 69.3 Å². The molecule has 3 fully saturated rings. The second-order valence-corrected chi connectivity index (χ2v) is 21.0. The van der Waals surface area contributed by atoms with Crippen molar-refractivity contribution >= 4 is 56.8 Å². The second-order valence-electron chi connectivity index (χ2n) is 14.7. The normalized spacial score (nSPS) is 16.7. The molecule has 3 aromatic carbocycles. The largest absolute Gasteiger partial charge is 0.399 e. The predicted molar refractivity (Wildman–Crippen MR) is 241 cm³/mol. The van der Waals surface area contributed by atoms with Gasteiger partial charge in [0.2, 0.25) is 20.0 Å². The highest BCUT2D eigenvalue weighted by atomic mass is 35.7. The van der Waals surface area contributed by atoms with Gasteiger partial charge in [0.05, 0.1) is 24.5 Å². The van der Waals surface area contributed by atoms with Crippen molar-refractivity contribution in [1.82, 2.24) is 13.9 Å². The van der Waals surface area contributed by atoms with Gasteiger partial charge in [0.25, 0.3) is 20.4 Å². The molecule has 0 radical (unpaired) electrons. The Labute approximate surface area is 367 Å². The van der Waals surface area contributed by atoms with E-state index in [0.717, 1.165) is 69.1 Å². The molecule has 342 valence electrons. The molecule has 3 saturated heterocycles. The van der Waals surface area contributed by atoms with Crippen LogP contribution in [0.5, 0.6) is 0 Å². The van der Waals surface area contributed by atoms with E-state index in [1.807, 2.05) is 20.8 Å². The molecule has 0 spiro atoms. The molecule has 16 nitrogen and oxygen atoms in total. The van der Waals surface area contributed by atoms with Gasteiger partial charge in [-0.2, -0.15) is 8.61 Å². The minimum atomic E-state index is -3.92. The van der Waals surface area contributed by atoms with Gasteiger partial charge in [0.1, 0.15) is 0 Å². The highest BCUT2D eigenvalue weighted by Crippen LogP contribution is 2.28. The number of nitrogens with zero attached hydrogens (tertiary/aromatic N) is 4. The van der Waals surface area contributed by atoms with Crippen molar-refractivity contribution in [1.29, 1.82) is 0 Å². The summed E-state index contributed by atoms with van der Waals surface area (Å²) >= 11 is 0. The van der Waals surface area contributed by atoms with Crippen molar-refractivity contribution in [2.24, 2.45) is 0 Å². The van der Waals surface area contributed by atoms with Gasteiger partial charge in [0, 0.05) is 66.8 Å².